The van der Waals surface area contributed by atoms with E-state index in [9.17, 15) is 14.7 Å². The fourth-order valence-electron chi connectivity index (χ4n) is 2.17. The van der Waals surface area contributed by atoms with Gasteiger partial charge in [0.25, 0.3) is 5.56 Å². The van der Waals surface area contributed by atoms with Gasteiger partial charge in [0.15, 0.2) is 5.69 Å². The van der Waals surface area contributed by atoms with E-state index < -0.39 is 5.97 Å². The van der Waals surface area contributed by atoms with Gasteiger partial charge in [0.05, 0.1) is 18.5 Å². The second-order valence-corrected chi connectivity index (χ2v) is 4.50. The van der Waals surface area contributed by atoms with E-state index in [1.165, 1.54) is 4.68 Å². The Bertz CT molecular complexity index is 852. The van der Waals surface area contributed by atoms with Gasteiger partial charge in [0.2, 0.25) is 0 Å². The highest BCUT2D eigenvalue weighted by atomic mass is 16.4. The van der Waals surface area contributed by atoms with Gasteiger partial charge in [-0.15, -0.1) is 0 Å². The molecule has 7 nitrogen and oxygen atoms in total. The Morgan fingerprint density at radius 2 is 1.90 bits per heavy atom. The van der Waals surface area contributed by atoms with Gasteiger partial charge in [-0.1, -0.05) is 18.2 Å². The molecule has 3 aromatic rings. The minimum atomic E-state index is -1.15. The zero-order valence-electron chi connectivity index (χ0n) is 11.0. The van der Waals surface area contributed by atoms with Crippen LogP contribution in [0.25, 0.3) is 10.8 Å². The first kappa shape index (κ1) is 13.0. The zero-order valence-corrected chi connectivity index (χ0v) is 11.0. The molecule has 0 radical (unpaired) electrons. The van der Waals surface area contributed by atoms with Gasteiger partial charge in [-0.25, -0.2) is 9.48 Å². The normalized spacial score (nSPS) is 10.9. The molecule has 2 aromatic heterocycles. The molecule has 21 heavy (non-hydrogen) atoms. The van der Waals surface area contributed by atoms with Crippen molar-refractivity contribution < 1.29 is 9.90 Å². The molecule has 1 N–H and O–H groups in total. The number of hydrogen-bond acceptors (Lipinski definition) is 4. The highest BCUT2D eigenvalue weighted by Crippen LogP contribution is 2.13. The molecular weight excluding hydrogens is 272 g/mol. The maximum atomic E-state index is 12.3. The van der Waals surface area contributed by atoms with Gasteiger partial charge in [0.1, 0.15) is 0 Å². The van der Waals surface area contributed by atoms with Crippen LogP contribution in [0, 0.1) is 0 Å². The Hall–Kier alpha value is -2.96. The average Bonchev–Trinajstić information content (AvgIpc) is 3.00. The van der Waals surface area contributed by atoms with Crippen LogP contribution in [-0.4, -0.2) is 30.6 Å². The van der Waals surface area contributed by atoms with E-state index in [1.807, 2.05) is 0 Å². The molecule has 7 heteroatoms. The summed E-state index contributed by atoms with van der Waals surface area (Å²) in [7, 11) is 0. The summed E-state index contributed by atoms with van der Waals surface area (Å²) >= 11 is 0. The van der Waals surface area contributed by atoms with E-state index in [-0.39, 0.29) is 17.8 Å². The summed E-state index contributed by atoms with van der Waals surface area (Å²) in [5, 5.41) is 18.0. The first-order valence-electron chi connectivity index (χ1n) is 6.37. The van der Waals surface area contributed by atoms with Crippen LogP contribution in [0.1, 0.15) is 10.5 Å². The van der Waals surface area contributed by atoms with Crippen molar-refractivity contribution in [3.05, 3.63) is 58.8 Å². The van der Waals surface area contributed by atoms with Crippen LogP contribution in [0.15, 0.2) is 47.5 Å². The second kappa shape index (κ2) is 5.20. The van der Waals surface area contributed by atoms with E-state index in [2.05, 4.69) is 10.2 Å². The molecule has 0 aliphatic heterocycles. The number of carboxylic acids is 1. The average molecular weight is 284 g/mol. The fourth-order valence-corrected chi connectivity index (χ4v) is 2.17. The summed E-state index contributed by atoms with van der Waals surface area (Å²) in [6.45, 7) is 0.697. The number of aromatic carboxylic acids is 1. The summed E-state index contributed by atoms with van der Waals surface area (Å²) < 4.78 is 2.83. The van der Waals surface area contributed by atoms with Gasteiger partial charge >= 0.3 is 5.97 Å². The molecule has 3 rings (SSSR count). The van der Waals surface area contributed by atoms with Crippen molar-refractivity contribution in [3.63, 3.8) is 0 Å². The third-order valence-electron chi connectivity index (χ3n) is 3.17. The number of rotatable bonds is 4. The summed E-state index contributed by atoms with van der Waals surface area (Å²) in [5.74, 6) is -1.15. The van der Waals surface area contributed by atoms with Crippen LogP contribution in [0.3, 0.4) is 0 Å². The molecule has 0 saturated carbocycles. The van der Waals surface area contributed by atoms with Crippen LogP contribution in [0.5, 0.6) is 0 Å². The predicted octanol–water partition coefficient (Wildman–Crippen LogP) is 0.991. The minimum Gasteiger partial charge on any atom is -0.476 e. The fraction of sp³-hybridized carbons (Fsp3) is 0.143. The van der Waals surface area contributed by atoms with Crippen LogP contribution in [0.2, 0.25) is 0 Å². The number of nitrogens with zero attached hydrogens (tertiary/aromatic N) is 4. The maximum absolute atomic E-state index is 12.3. The quantitative estimate of drug-likeness (QED) is 0.771. The van der Waals surface area contributed by atoms with E-state index in [0.29, 0.717) is 17.3 Å². The smallest absolute Gasteiger partial charge is 0.357 e. The Labute approximate surface area is 119 Å². The van der Waals surface area contributed by atoms with Crippen LogP contribution >= 0.6 is 0 Å². The lowest BCUT2D eigenvalue weighted by Crippen LogP contribution is -2.27. The van der Waals surface area contributed by atoms with E-state index in [1.54, 1.807) is 47.4 Å². The van der Waals surface area contributed by atoms with Gasteiger partial charge in [-0.3, -0.25) is 9.48 Å². The number of aryl methyl sites for hydroxylation is 2. The first-order chi connectivity index (χ1) is 10.2. The topological polar surface area (TPSA) is 90.0 Å². The molecule has 0 bridgehead atoms. The molecule has 1 aromatic carbocycles. The summed E-state index contributed by atoms with van der Waals surface area (Å²) in [6, 6.07) is 8.36. The lowest BCUT2D eigenvalue weighted by molar-refractivity contribution is 0.0690. The predicted molar refractivity (Wildman–Crippen MR) is 75.2 cm³/mol. The van der Waals surface area contributed by atoms with Crippen molar-refractivity contribution in [2.45, 2.75) is 13.1 Å². The number of carbonyl (C=O) groups is 1. The number of carboxylic acid groups (broad SMARTS) is 1. The van der Waals surface area contributed by atoms with E-state index >= 15 is 0 Å². The van der Waals surface area contributed by atoms with Gasteiger partial charge < -0.3 is 5.11 Å². The lowest BCUT2D eigenvalue weighted by atomic mass is 10.1. The molecular formula is C14H12N4O3. The Morgan fingerprint density at radius 1 is 1.14 bits per heavy atom. The molecule has 106 valence electrons. The molecule has 0 amide bonds. The third kappa shape index (κ3) is 2.40. The van der Waals surface area contributed by atoms with Crippen molar-refractivity contribution in [2.24, 2.45) is 0 Å². The first-order valence-corrected chi connectivity index (χ1v) is 6.37. The Balaban J connectivity index is 2.08. The Morgan fingerprint density at radius 3 is 2.57 bits per heavy atom. The number of fused-ring (bicyclic) bond motifs is 1. The van der Waals surface area contributed by atoms with Gasteiger partial charge in [-0.2, -0.15) is 10.2 Å². The number of benzene rings is 1. The van der Waals surface area contributed by atoms with E-state index in [0.717, 1.165) is 0 Å². The van der Waals surface area contributed by atoms with Crippen molar-refractivity contribution in [2.75, 3.05) is 0 Å². The molecule has 0 atom stereocenters. The number of aromatic nitrogens is 4. The second-order valence-electron chi connectivity index (χ2n) is 4.50. The summed E-state index contributed by atoms with van der Waals surface area (Å²) in [4.78, 5) is 23.7. The summed E-state index contributed by atoms with van der Waals surface area (Å²) in [6.07, 6.45) is 3.41. The van der Waals surface area contributed by atoms with E-state index in [4.69, 9.17) is 0 Å². The van der Waals surface area contributed by atoms with Crippen LogP contribution in [-0.2, 0) is 13.1 Å². The molecule has 0 spiro atoms. The SMILES string of the molecule is O=C(O)c1nn(CCn2cccn2)c(=O)c2ccccc12. The van der Waals surface area contributed by atoms with Crippen LogP contribution in [0.4, 0.5) is 0 Å². The van der Waals surface area contributed by atoms with Crippen molar-refractivity contribution in [1.82, 2.24) is 19.6 Å². The molecule has 2 heterocycles. The number of hydrogen-bond donors (Lipinski definition) is 1. The molecule has 0 saturated heterocycles. The third-order valence-corrected chi connectivity index (χ3v) is 3.17. The van der Waals surface area contributed by atoms with Crippen molar-refractivity contribution >= 4 is 16.7 Å². The maximum Gasteiger partial charge on any atom is 0.357 e. The van der Waals surface area contributed by atoms with Crippen molar-refractivity contribution in [1.29, 1.82) is 0 Å². The summed E-state index contributed by atoms with van der Waals surface area (Å²) in [5.41, 5.74) is -0.423. The molecule has 0 aliphatic carbocycles. The van der Waals surface area contributed by atoms with Crippen molar-refractivity contribution in [3.8, 4) is 0 Å². The standard InChI is InChI=1S/C14H12N4O3/c19-13-11-5-2-1-4-10(11)12(14(20)21)16-18(13)9-8-17-7-3-6-15-17/h1-7H,8-9H2,(H,20,21). The molecule has 0 aliphatic rings. The monoisotopic (exact) mass is 284 g/mol. The molecule has 0 fully saturated rings. The zero-order chi connectivity index (χ0) is 14.8. The highest BCUT2D eigenvalue weighted by Gasteiger charge is 2.15. The van der Waals surface area contributed by atoms with Crippen LogP contribution < -0.4 is 5.56 Å². The van der Waals surface area contributed by atoms with Gasteiger partial charge in [0, 0.05) is 17.8 Å². The lowest BCUT2D eigenvalue weighted by Gasteiger charge is -2.08. The largest absolute Gasteiger partial charge is 0.476 e. The molecule has 0 unspecified atom stereocenters. The highest BCUT2D eigenvalue weighted by molar-refractivity contribution is 6.01. The minimum absolute atomic E-state index is 0.120. The van der Waals surface area contributed by atoms with Gasteiger partial charge in [-0.05, 0) is 12.1 Å². The Kier molecular flexibility index (Phi) is 3.23.